The second-order valence-electron chi connectivity index (χ2n) is 4.01. The second kappa shape index (κ2) is 6.44. The number of ketones is 1. The fraction of sp³-hybridized carbons (Fsp3) is 0.333. The van der Waals surface area contributed by atoms with E-state index in [1.807, 2.05) is 0 Å². The fourth-order valence-corrected chi connectivity index (χ4v) is 1.90. The van der Waals surface area contributed by atoms with Crippen LogP contribution in [0.2, 0.25) is 0 Å². The number of benzene rings is 1. The smallest absolute Gasteiger partial charge is 0.238 e. The van der Waals surface area contributed by atoms with Crippen LogP contribution in [-0.4, -0.2) is 20.1 Å². The molecule has 0 aromatic heterocycles. The van der Waals surface area contributed by atoms with Crippen molar-refractivity contribution in [1.29, 1.82) is 0 Å². The highest BCUT2D eigenvalue weighted by molar-refractivity contribution is 7.89. The maximum atomic E-state index is 11.5. The van der Waals surface area contributed by atoms with Crippen molar-refractivity contribution >= 4 is 27.4 Å². The number of carbonyl (C=O) groups excluding carboxylic acids is 2. The lowest BCUT2D eigenvalue weighted by atomic mass is 10.2. The Morgan fingerprint density at radius 1 is 1.16 bits per heavy atom. The molecule has 0 saturated carbocycles. The number of primary sulfonamides is 1. The van der Waals surface area contributed by atoms with E-state index in [9.17, 15) is 18.0 Å². The summed E-state index contributed by atoms with van der Waals surface area (Å²) in [5.74, 6) is -0.259. The van der Waals surface area contributed by atoms with Crippen LogP contribution in [0.1, 0.15) is 26.2 Å². The largest absolute Gasteiger partial charge is 0.326 e. The zero-order chi connectivity index (χ0) is 14.5. The van der Waals surface area contributed by atoms with Crippen molar-refractivity contribution < 1.29 is 18.0 Å². The highest BCUT2D eigenvalue weighted by Crippen LogP contribution is 2.13. The Morgan fingerprint density at radius 3 is 2.21 bits per heavy atom. The average Bonchev–Trinajstić information content (AvgIpc) is 2.35. The summed E-state index contributed by atoms with van der Waals surface area (Å²) in [6.45, 7) is 1.74. The molecular weight excluding hydrogens is 268 g/mol. The minimum Gasteiger partial charge on any atom is -0.326 e. The van der Waals surface area contributed by atoms with Gasteiger partial charge in [0.1, 0.15) is 5.78 Å². The molecule has 1 aromatic carbocycles. The molecule has 0 aliphatic rings. The normalized spacial score (nSPS) is 11.1. The SMILES string of the molecule is CCC(=O)CCC(=O)Nc1ccc(S(N)(=O)=O)cc1. The van der Waals surface area contributed by atoms with Crippen LogP contribution in [0, 0.1) is 0 Å². The van der Waals surface area contributed by atoms with Gasteiger partial charge in [0.25, 0.3) is 0 Å². The van der Waals surface area contributed by atoms with Crippen LogP contribution in [0.5, 0.6) is 0 Å². The van der Waals surface area contributed by atoms with Crippen LogP contribution >= 0.6 is 0 Å². The number of Topliss-reactive ketones (excluding diaryl/α,β-unsaturated/α-hetero) is 1. The minimum absolute atomic E-state index is 0.0216. The van der Waals surface area contributed by atoms with Crippen LogP contribution in [-0.2, 0) is 19.6 Å². The van der Waals surface area contributed by atoms with E-state index in [-0.39, 0.29) is 29.4 Å². The highest BCUT2D eigenvalue weighted by atomic mass is 32.2. The molecular formula is C12H16N2O4S. The first-order valence-electron chi connectivity index (χ1n) is 5.77. The van der Waals surface area contributed by atoms with Crippen LogP contribution in [0.15, 0.2) is 29.2 Å². The zero-order valence-corrected chi connectivity index (χ0v) is 11.4. The number of hydrogen-bond donors (Lipinski definition) is 2. The third kappa shape index (κ3) is 5.19. The van der Waals surface area contributed by atoms with Gasteiger partial charge in [-0.1, -0.05) is 6.92 Å². The number of carbonyl (C=O) groups is 2. The Morgan fingerprint density at radius 2 is 1.74 bits per heavy atom. The Bertz CT molecular complexity index is 564. The lowest BCUT2D eigenvalue weighted by molar-refractivity contribution is -0.122. The van der Waals surface area contributed by atoms with E-state index in [0.717, 1.165) is 0 Å². The number of anilines is 1. The molecule has 1 aromatic rings. The Kier molecular flexibility index (Phi) is 5.20. The average molecular weight is 284 g/mol. The number of hydrogen-bond acceptors (Lipinski definition) is 4. The molecule has 0 unspecified atom stereocenters. The van der Waals surface area contributed by atoms with Crippen molar-refractivity contribution in [2.45, 2.75) is 31.1 Å². The molecule has 0 bridgehead atoms. The Hall–Kier alpha value is -1.73. The molecule has 3 N–H and O–H groups in total. The summed E-state index contributed by atoms with van der Waals surface area (Å²) in [5.41, 5.74) is 0.460. The fourth-order valence-electron chi connectivity index (χ4n) is 1.38. The van der Waals surface area contributed by atoms with E-state index >= 15 is 0 Å². The zero-order valence-electron chi connectivity index (χ0n) is 10.5. The highest BCUT2D eigenvalue weighted by Gasteiger charge is 2.09. The first-order chi connectivity index (χ1) is 8.82. The van der Waals surface area contributed by atoms with Gasteiger partial charge in [-0.15, -0.1) is 0 Å². The standard InChI is InChI=1S/C12H16N2O4S/c1-2-10(15)5-8-12(16)14-9-3-6-11(7-4-9)19(13,17)18/h3-4,6-7H,2,5,8H2,1H3,(H,14,16)(H2,13,17,18). The molecule has 0 saturated heterocycles. The van der Waals surface area contributed by atoms with Gasteiger partial charge in [0.2, 0.25) is 15.9 Å². The topological polar surface area (TPSA) is 106 Å². The van der Waals surface area contributed by atoms with Gasteiger partial charge in [-0.25, -0.2) is 13.6 Å². The number of sulfonamides is 1. The van der Waals surface area contributed by atoms with E-state index in [2.05, 4.69) is 5.32 Å². The van der Waals surface area contributed by atoms with Crippen molar-refractivity contribution in [1.82, 2.24) is 0 Å². The van der Waals surface area contributed by atoms with Crippen molar-refractivity contribution in [2.75, 3.05) is 5.32 Å². The lowest BCUT2D eigenvalue weighted by Gasteiger charge is -2.05. The van der Waals surface area contributed by atoms with Crippen LogP contribution in [0.4, 0.5) is 5.69 Å². The molecule has 19 heavy (non-hydrogen) atoms. The lowest BCUT2D eigenvalue weighted by Crippen LogP contribution is -2.14. The summed E-state index contributed by atoms with van der Waals surface area (Å²) >= 11 is 0. The van der Waals surface area contributed by atoms with E-state index in [4.69, 9.17) is 5.14 Å². The first kappa shape index (κ1) is 15.3. The van der Waals surface area contributed by atoms with Gasteiger partial charge >= 0.3 is 0 Å². The van der Waals surface area contributed by atoms with Gasteiger partial charge in [0.05, 0.1) is 4.90 Å². The molecule has 0 spiro atoms. The van der Waals surface area contributed by atoms with E-state index in [1.54, 1.807) is 6.92 Å². The molecule has 104 valence electrons. The molecule has 0 atom stereocenters. The molecule has 6 nitrogen and oxygen atoms in total. The molecule has 1 rings (SSSR count). The van der Waals surface area contributed by atoms with Gasteiger partial charge in [-0.2, -0.15) is 0 Å². The van der Waals surface area contributed by atoms with Gasteiger partial charge in [-0.05, 0) is 24.3 Å². The second-order valence-corrected chi connectivity index (χ2v) is 5.57. The summed E-state index contributed by atoms with van der Waals surface area (Å²) in [5, 5.41) is 7.53. The molecule has 0 aliphatic carbocycles. The van der Waals surface area contributed by atoms with Crippen molar-refractivity contribution in [3.05, 3.63) is 24.3 Å². The quantitative estimate of drug-likeness (QED) is 0.813. The van der Waals surface area contributed by atoms with Crippen molar-refractivity contribution in [2.24, 2.45) is 5.14 Å². The Balaban J connectivity index is 2.59. The van der Waals surface area contributed by atoms with E-state index in [0.29, 0.717) is 12.1 Å². The maximum absolute atomic E-state index is 11.5. The van der Waals surface area contributed by atoms with Gasteiger partial charge in [-0.3, -0.25) is 9.59 Å². The van der Waals surface area contributed by atoms with E-state index < -0.39 is 10.0 Å². The summed E-state index contributed by atoms with van der Waals surface area (Å²) in [6.07, 6.45) is 0.734. The van der Waals surface area contributed by atoms with Gasteiger partial charge in [0.15, 0.2) is 0 Å². The third-order valence-corrected chi connectivity index (χ3v) is 3.42. The van der Waals surface area contributed by atoms with Crippen molar-refractivity contribution in [3.63, 3.8) is 0 Å². The van der Waals surface area contributed by atoms with E-state index in [1.165, 1.54) is 24.3 Å². The van der Waals surface area contributed by atoms with Gasteiger partial charge < -0.3 is 5.32 Å². The molecule has 0 heterocycles. The number of rotatable bonds is 6. The molecule has 1 amide bonds. The van der Waals surface area contributed by atoms with Crippen molar-refractivity contribution in [3.8, 4) is 0 Å². The monoisotopic (exact) mass is 284 g/mol. The van der Waals surface area contributed by atoms with Crippen LogP contribution in [0.25, 0.3) is 0 Å². The third-order valence-electron chi connectivity index (χ3n) is 2.49. The number of amides is 1. The molecule has 0 aliphatic heterocycles. The molecule has 0 fully saturated rings. The summed E-state index contributed by atoms with van der Waals surface area (Å²) in [6, 6.07) is 5.50. The summed E-state index contributed by atoms with van der Waals surface area (Å²) < 4.78 is 22.1. The molecule has 7 heteroatoms. The summed E-state index contributed by atoms with van der Waals surface area (Å²) in [4.78, 5) is 22.5. The number of nitrogens with one attached hydrogen (secondary N) is 1. The Labute approximate surface area is 112 Å². The number of nitrogens with two attached hydrogens (primary N) is 1. The van der Waals surface area contributed by atoms with Crippen LogP contribution < -0.4 is 10.5 Å². The maximum Gasteiger partial charge on any atom is 0.238 e. The van der Waals surface area contributed by atoms with Crippen LogP contribution in [0.3, 0.4) is 0 Å². The predicted octanol–water partition coefficient (Wildman–Crippen LogP) is 1.03. The summed E-state index contributed by atoms with van der Waals surface area (Å²) in [7, 11) is -3.73. The first-order valence-corrected chi connectivity index (χ1v) is 7.32. The van der Waals surface area contributed by atoms with Gasteiger partial charge in [0, 0.05) is 24.9 Å². The minimum atomic E-state index is -3.73. The predicted molar refractivity (Wildman–Crippen MR) is 71.0 cm³/mol. The molecule has 0 radical (unpaired) electrons.